The molecule has 4 nitrogen and oxygen atoms in total. The van der Waals surface area contributed by atoms with E-state index >= 15 is 0 Å². The molecule has 5 heteroatoms. The number of nitrogens with one attached hydrogen (secondary N) is 2. The van der Waals surface area contributed by atoms with Gasteiger partial charge in [-0.15, -0.1) is 0 Å². The number of hydrogen-bond donors (Lipinski definition) is 2. The summed E-state index contributed by atoms with van der Waals surface area (Å²) in [4.78, 5) is 23.7. The van der Waals surface area contributed by atoms with Crippen molar-refractivity contribution in [3.05, 3.63) is 70.2 Å². The Morgan fingerprint density at radius 3 is 2.30 bits per heavy atom. The standard InChI is InChI=1S/C18H19BrN2O2/c1-13(15-7-9-16(19)10-8-15)21-18(23)12-20-17(22)11-14-5-3-2-4-6-14/h2-10,13H,11-12H2,1H3,(H,20,22)(H,21,23). The molecule has 2 aromatic carbocycles. The molecule has 23 heavy (non-hydrogen) atoms. The molecule has 0 aliphatic rings. The van der Waals surface area contributed by atoms with E-state index in [1.165, 1.54) is 0 Å². The van der Waals surface area contributed by atoms with Gasteiger partial charge in [0.1, 0.15) is 0 Å². The molecule has 0 aliphatic heterocycles. The van der Waals surface area contributed by atoms with Gasteiger partial charge >= 0.3 is 0 Å². The topological polar surface area (TPSA) is 58.2 Å². The van der Waals surface area contributed by atoms with Crippen LogP contribution >= 0.6 is 15.9 Å². The van der Waals surface area contributed by atoms with Gasteiger partial charge in [-0.1, -0.05) is 58.4 Å². The minimum Gasteiger partial charge on any atom is -0.348 e. The van der Waals surface area contributed by atoms with Crippen molar-refractivity contribution in [3.63, 3.8) is 0 Å². The maximum atomic E-state index is 11.9. The summed E-state index contributed by atoms with van der Waals surface area (Å²) in [5, 5.41) is 5.50. The van der Waals surface area contributed by atoms with Crippen LogP contribution in [0.5, 0.6) is 0 Å². The van der Waals surface area contributed by atoms with Crippen molar-refractivity contribution < 1.29 is 9.59 Å². The molecule has 0 saturated heterocycles. The van der Waals surface area contributed by atoms with E-state index in [0.717, 1.165) is 15.6 Å². The first-order chi connectivity index (χ1) is 11.0. The first-order valence-corrected chi connectivity index (χ1v) is 8.19. The maximum absolute atomic E-state index is 11.9. The molecule has 0 aliphatic carbocycles. The normalized spacial score (nSPS) is 11.6. The third-order valence-corrected chi connectivity index (χ3v) is 3.93. The second-order valence-corrected chi connectivity index (χ2v) is 6.20. The molecule has 0 bridgehead atoms. The van der Waals surface area contributed by atoms with Gasteiger partial charge < -0.3 is 10.6 Å². The number of hydrogen-bond acceptors (Lipinski definition) is 2. The van der Waals surface area contributed by atoms with Gasteiger partial charge in [-0.3, -0.25) is 9.59 Å². The maximum Gasteiger partial charge on any atom is 0.239 e. The molecule has 0 heterocycles. The number of rotatable bonds is 6. The van der Waals surface area contributed by atoms with E-state index in [1.54, 1.807) is 0 Å². The number of halogens is 1. The Labute approximate surface area is 144 Å². The Kier molecular flexibility index (Phi) is 6.35. The lowest BCUT2D eigenvalue weighted by molar-refractivity contribution is -0.126. The van der Waals surface area contributed by atoms with Crippen LogP contribution < -0.4 is 10.6 Å². The Balaban J connectivity index is 1.76. The molecular formula is C18H19BrN2O2. The van der Waals surface area contributed by atoms with E-state index in [1.807, 2.05) is 61.5 Å². The van der Waals surface area contributed by atoms with Crippen LogP contribution in [0.15, 0.2) is 59.1 Å². The highest BCUT2D eigenvalue weighted by Crippen LogP contribution is 2.16. The predicted octanol–water partition coefficient (Wildman–Crippen LogP) is 2.99. The molecule has 1 atom stereocenters. The molecule has 2 rings (SSSR count). The third-order valence-electron chi connectivity index (χ3n) is 3.40. The fraction of sp³-hybridized carbons (Fsp3) is 0.222. The quantitative estimate of drug-likeness (QED) is 0.816. The molecular weight excluding hydrogens is 356 g/mol. The van der Waals surface area contributed by atoms with Crippen molar-refractivity contribution in [2.45, 2.75) is 19.4 Å². The molecule has 2 aromatic rings. The summed E-state index contributed by atoms with van der Waals surface area (Å²) in [5.74, 6) is -0.371. The van der Waals surface area contributed by atoms with E-state index in [2.05, 4.69) is 26.6 Å². The zero-order chi connectivity index (χ0) is 16.7. The first-order valence-electron chi connectivity index (χ1n) is 7.40. The molecule has 0 saturated carbocycles. The van der Waals surface area contributed by atoms with Crippen LogP contribution in [0.4, 0.5) is 0 Å². The zero-order valence-electron chi connectivity index (χ0n) is 12.9. The van der Waals surface area contributed by atoms with Crippen molar-refractivity contribution in [3.8, 4) is 0 Å². The number of carbonyl (C=O) groups is 2. The highest BCUT2D eigenvalue weighted by molar-refractivity contribution is 9.10. The van der Waals surface area contributed by atoms with E-state index in [0.29, 0.717) is 0 Å². The summed E-state index contributed by atoms with van der Waals surface area (Å²) < 4.78 is 0.993. The minimum absolute atomic E-state index is 0.0213. The molecule has 2 amide bonds. The van der Waals surface area contributed by atoms with Crippen molar-refractivity contribution in [2.75, 3.05) is 6.54 Å². The fourth-order valence-electron chi connectivity index (χ4n) is 2.15. The third kappa shape index (κ3) is 5.87. The van der Waals surface area contributed by atoms with Gasteiger partial charge in [0, 0.05) is 4.47 Å². The Bertz CT molecular complexity index is 656. The Morgan fingerprint density at radius 1 is 1.00 bits per heavy atom. The lowest BCUT2D eigenvalue weighted by atomic mass is 10.1. The second-order valence-electron chi connectivity index (χ2n) is 5.28. The molecule has 1 unspecified atom stereocenters. The zero-order valence-corrected chi connectivity index (χ0v) is 14.5. The SMILES string of the molecule is CC(NC(=O)CNC(=O)Cc1ccccc1)c1ccc(Br)cc1. The van der Waals surface area contributed by atoms with E-state index < -0.39 is 0 Å². The summed E-state index contributed by atoms with van der Waals surface area (Å²) in [6.45, 7) is 1.89. The van der Waals surface area contributed by atoms with Crippen LogP contribution in [0.3, 0.4) is 0 Å². The van der Waals surface area contributed by atoms with Crippen LogP contribution in [0.25, 0.3) is 0 Å². The molecule has 120 valence electrons. The summed E-state index contributed by atoms with van der Waals surface area (Å²) in [6.07, 6.45) is 0.274. The number of carbonyl (C=O) groups excluding carboxylic acids is 2. The van der Waals surface area contributed by atoms with Gasteiger partial charge in [0.25, 0.3) is 0 Å². The van der Waals surface area contributed by atoms with Gasteiger partial charge in [-0.2, -0.15) is 0 Å². The molecule has 0 aromatic heterocycles. The molecule has 2 N–H and O–H groups in total. The molecule has 0 radical (unpaired) electrons. The fourth-order valence-corrected chi connectivity index (χ4v) is 2.41. The van der Waals surface area contributed by atoms with Gasteiger partial charge in [-0.05, 0) is 30.2 Å². The number of amides is 2. The number of benzene rings is 2. The average molecular weight is 375 g/mol. The van der Waals surface area contributed by atoms with Crippen molar-refractivity contribution in [2.24, 2.45) is 0 Å². The summed E-state index contributed by atoms with van der Waals surface area (Å²) in [7, 11) is 0. The van der Waals surface area contributed by atoms with Crippen molar-refractivity contribution in [1.82, 2.24) is 10.6 Å². The molecule has 0 spiro atoms. The van der Waals surface area contributed by atoms with Gasteiger partial charge in [0.2, 0.25) is 11.8 Å². The lowest BCUT2D eigenvalue weighted by Crippen LogP contribution is -2.38. The van der Waals surface area contributed by atoms with Gasteiger partial charge in [0.15, 0.2) is 0 Å². The Hall–Kier alpha value is -2.14. The summed E-state index contributed by atoms with van der Waals surface area (Å²) in [6, 6.07) is 17.1. The average Bonchev–Trinajstić information content (AvgIpc) is 2.54. The van der Waals surface area contributed by atoms with E-state index in [4.69, 9.17) is 0 Å². The van der Waals surface area contributed by atoms with E-state index in [9.17, 15) is 9.59 Å². The highest BCUT2D eigenvalue weighted by atomic mass is 79.9. The first kappa shape index (κ1) is 17.2. The van der Waals surface area contributed by atoms with E-state index in [-0.39, 0.29) is 30.8 Å². The summed E-state index contributed by atoms with van der Waals surface area (Å²) in [5.41, 5.74) is 1.94. The van der Waals surface area contributed by atoms with Crippen molar-refractivity contribution in [1.29, 1.82) is 0 Å². The second kappa shape index (κ2) is 8.48. The van der Waals surface area contributed by atoms with Crippen molar-refractivity contribution >= 4 is 27.7 Å². The van der Waals surface area contributed by atoms with Crippen LogP contribution in [0.1, 0.15) is 24.1 Å². The minimum atomic E-state index is -0.207. The van der Waals surface area contributed by atoms with Crippen LogP contribution in [0.2, 0.25) is 0 Å². The largest absolute Gasteiger partial charge is 0.348 e. The lowest BCUT2D eigenvalue weighted by Gasteiger charge is -2.15. The van der Waals surface area contributed by atoms with Crippen LogP contribution in [-0.4, -0.2) is 18.4 Å². The van der Waals surface area contributed by atoms with Crippen LogP contribution in [-0.2, 0) is 16.0 Å². The monoisotopic (exact) mass is 374 g/mol. The van der Waals surface area contributed by atoms with Crippen LogP contribution in [0, 0.1) is 0 Å². The smallest absolute Gasteiger partial charge is 0.239 e. The van der Waals surface area contributed by atoms with Gasteiger partial charge in [-0.25, -0.2) is 0 Å². The molecule has 0 fully saturated rings. The Morgan fingerprint density at radius 2 is 1.65 bits per heavy atom. The van der Waals surface area contributed by atoms with Gasteiger partial charge in [0.05, 0.1) is 19.0 Å². The highest BCUT2D eigenvalue weighted by Gasteiger charge is 2.11. The predicted molar refractivity (Wildman–Crippen MR) is 93.9 cm³/mol. The summed E-state index contributed by atoms with van der Waals surface area (Å²) >= 11 is 3.38.